The maximum Gasteiger partial charge on any atom is 0.243 e. The number of nitrogens with zero attached hydrogens (tertiary/aromatic N) is 1. The SMILES string of the molecule is CC[C@@H](C)NC(=O)[C@@H](Cc1ccccc1)N(Cc1ccccc1F)C(=O)CCSc1ccc(Cl)cc1. The topological polar surface area (TPSA) is 49.4 Å². The molecule has 0 aromatic heterocycles. The molecule has 36 heavy (non-hydrogen) atoms. The van der Waals surface area contributed by atoms with Crippen molar-refractivity contribution in [3.63, 3.8) is 0 Å². The van der Waals surface area contributed by atoms with Gasteiger partial charge >= 0.3 is 0 Å². The Morgan fingerprint density at radius 2 is 1.67 bits per heavy atom. The predicted octanol–water partition coefficient (Wildman–Crippen LogP) is 6.52. The fourth-order valence-electron chi connectivity index (χ4n) is 3.74. The van der Waals surface area contributed by atoms with Gasteiger partial charge in [0.2, 0.25) is 11.8 Å². The van der Waals surface area contributed by atoms with Gasteiger partial charge in [0.05, 0.1) is 0 Å². The summed E-state index contributed by atoms with van der Waals surface area (Å²) in [5.74, 6) is -0.297. The minimum Gasteiger partial charge on any atom is -0.352 e. The third-order valence-corrected chi connectivity index (χ3v) is 7.23. The molecule has 2 amide bonds. The van der Waals surface area contributed by atoms with Crippen molar-refractivity contribution in [2.45, 2.75) is 56.6 Å². The third-order valence-electron chi connectivity index (χ3n) is 5.97. The Labute approximate surface area is 222 Å². The van der Waals surface area contributed by atoms with Crippen LogP contribution in [0.1, 0.15) is 37.8 Å². The molecule has 0 saturated heterocycles. The van der Waals surface area contributed by atoms with Crippen molar-refractivity contribution in [2.24, 2.45) is 0 Å². The normalized spacial score (nSPS) is 12.6. The summed E-state index contributed by atoms with van der Waals surface area (Å²) in [6, 6.07) is 22.6. The molecule has 0 heterocycles. The number of carbonyl (C=O) groups is 2. The van der Waals surface area contributed by atoms with Gasteiger partial charge < -0.3 is 10.2 Å². The number of rotatable bonds is 12. The molecule has 0 aliphatic rings. The average Bonchev–Trinajstić information content (AvgIpc) is 2.88. The Hall–Kier alpha value is -2.83. The van der Waals surface area contributed by atoms with Crippen LogP contribution in [0.2, 0.25) is 5.02 Å². The molecule has 0 fully saturated rings. The largest absolute Gasteiger partial charge is 0.352 e. The van der Waals surface area contributed by atoms with Crippen LogP contribution in [-0.4, -0.2) is 34.6 Å². The van der Waals surface area contributed by atoms with Gasteiger partial charge in [-0.05, 0) is 49.2 Å². The van der Waals surface area contributed by atoms with Gasteiger partial charge in [-0.2, -0.15) is 0 Å². The summed E-state index contributed by atoms with van der Waals surface area (Å²) in [7, 11) is 0. The van der Waals surface area contributed by atoms with Crippen molar-refractivity contribution in [1.82, 2.24) is 10.2 Å². The standard InChI is InChI=1S/C29H32ClFN2O2S/c1-3-21(2)32-29(35)27(19-22-9-5-4-6-10-22)33(20-23-11-7-8-12-26(23)31)28(34)17-18-36-25-15-13-24(30)14-16-25/h4-16,21,27H,3,17-20H2,1-2H3,(H,32,35)/t21-,27-/m1/s1. The Morgan fingerprint density at radius 3 is 2.33 bits per heavy atom. The second kappa shape index (κ2) is 14.0. The van der Waals surface area contributed by atoms with E-state index in [2.05, 4.69) is 5.32 Å². The molecule has 3 rings (SSSR count). The number of benzene rings is 3. The van der Waals surface area contributed by atoms with Gasteiger partial charge in [-0.25, -0.2) is 4.39 Å². The number of amides is 2. The zero-order valence-corrected chi connectivity index (χ0v) is 22.2. The van der Waals surface area contributed by atoms with Gasteiger partial charge in [0.1, 0.15) is 11.9 Å². The first-order valence-corrected chi connectivity index (χ1v) is 13.5. The second-order valence-corrected chi connectivity index (χ2v) is 10.3. The molecule has 1 N–H and O–H groups in total. The van der Waals surface area contributed by atoms with Crippen LogP contribution in [0.5, 0.6) is 0 Å². The molecule has 0 saturated carbocycles. The van der Waals surface area contributed by atoms with Gasteiger partial charge in [-0.1, -0.05) is 67.1 Å². The molecule has 0 spiro atoms. The molecule has 7 heteroatoms. The van der Waals surface area contributed by atoms with Crippen molar-refractivity contribution >= 4 is 35.2 Å². The van der Waals surface area contributed by atoms with Crippen LogP contribution in [0.4, 0.5) is 4.39 Å². The highest BCUT2D eigenvalue weighted by Crippen LogP contribution is 2.23. The maximum atomic E-state index is 14.6. The van der Waals surface area contributed by atoms with Crippen LogP contribution < -0.4 is 5.32 Å². The summed E-state index contributed by atoms with van der Waals surface area (Å²) in [5, 5.41) is 3.68. The number of carbonyl (C=O) groups excluding carboxylic acids is 2. The smallest absolute Gasteiger partial charge is 0.243 e. The van der Waals surface area contributed by atoms with E-state index < -0.39 is 11.9 Å². The first-order valence-electron chi connectivity index (χ1n) is 12.1. The summed E-state index contributed by atoms with van der Waals surface area (Å²) < 4.78 is 14.6. The Morgan fingerprint density at radius 1 is 1.00 bits per heavy atom. The van der Waals surface area contributed by atoms with Gasteiger partial charge in [0.25, 0.3) is 0 Å². The molecule has 3 aromatic rings. The van der Waals surface area contributed by atoms with E-state index in [-0.39, 0.29) is 30.8 Å². The molecule has 0 bridgehead atoms. The van der Waals surface area contributed by atoms with E-state index in [4.69, 9.17) is 11.6 Å². The second-order valence-electron chi connectivity index (χ2n) is 8.69. The minimum atomic E-state index is -0.769. The van der Waals surface area contributed by atoms with Crippen molar-refractivity contribution < 1.29 is 14.0 Å². The average molecular weight is 527 g/mol. The lowest BCUT2D eigenvalue weighted by molar-refractivity contribution is -0.141. The fourth-order valence-corrected chi connectivity index (χ4v) is 4.70. The summed E-state index contributed by atoms with van der Waals surface area (Å²) in [4.78, 5) is 29.6. The highest BCUT2D eigenvalue weighted by atomic mass is 35.5. The highest BCUT2D eigenvalue weighted by molar-refractivity contribution is 7.99. The summed E-state index contributed by atoms with van der Waals surface area (Å²) in [6.45, 7) is 3.94. The van der Waals surface area contributed by atoms with Crippen LogP contribution in [0.25, 0.3) is 0 Å². The molecular formula is C29H32ClFN2O2S. The van der Waals surface area contributed by atoms with E-state index in [1.54, 1.807) is 30.0 Å². The van der Waals surface area contributed by atoms with E-state index in [1.807, 2.05) is 68.4 Å². The molecule has 2 atom stereocenters. The fraction of sp³-hybridized carbons (Fsp3) is 0.310. The van der Waals surface area contributed by atoms with Crippen molar-refractivity contribution in [3.05, 3.63) is 101 Å². The lowest BCUT2D eigenvalue weighted by Gasteiger charge is -2.32. The minimum absolute atomic E-state index is 0.0164. The van der Waals surface area contributed by atoms with Gasteiger partial charge in [-0.15, -0.1) is 11.8 Å². The number of hydrogen-bond donors (Lipinski definition) is 1. The number of halogens is 2. The zero-order chi connectivity index (χ0) is 25.9. The van der Waals surface area contributed by atoms with Crippen LogP contribution in [-0.2, 0) is 22.6 Å². The van der Waals surface area contributed by atoms with Crippen LogP contribution >= 0.6 is 23.4 Å². The number of thioether (sulfide) groups is 1. The summed E-state index contributed by atoms with van der Waals surface area (Å²) >= 11 is 7.51. The van der Waals surface area contributed by atoms with E-state index in [1.165, 1.54) is 11.0 Å². The van der Waals surface area contributed by atoms with E-state index in [0.29, 0.717) is 22.8 Å². The molecule has 0 radical (unpaired) electrons. The van der Waals surface area contributed by atoms with Crippen molar-refractivity contribution in [3.8, 4) is 0 Å². The van der Waals surface area contributed by atoms with Gasteiger partial charge in [0, 0.05) is 46.7 Å². The van der Waals surface area contributed by atoms with Crippen LogP contribution in [0.3, 0.4) is 0 Å². The molecule has 4 nitrogen and oxygen atoms in total. The first kappa shape index (κ1) is 27.8. The van der Waals surface area contributed by atoms with E-state index >= 15 is 0 Å². The molecule has 3 aromatic carbocycles. The lowest BCUT2D eigenvalue weighted by atomic mass is 10.0. The summed E-state index contributed by atoms with van der Waals surface area (Å²) in [5.41, 5.74) is 1.31. The van der Waals surface area contributed by atoms with Gasteiger partial charge in [0.15, 0.2) is 0 Å². The van der Waals surface area contributed by atoms with Gasteiger partial charge in [-0.3, -0.25) is 9.59 Å². The quantitative estimate of drug-likeness (QED) is 0.273. The molecule has 0 unspecified atom stereocenters. The molecular weight excluding hydrogens is 495 g/mol. The maximum absolute atomic E-state index is 14.6. The van der Waals surface area contributed by atoms with E-state index in [9.17, 15) is 14.0 Å². The Balaban J connectivity index is 1.86. The molecule has 0 aliphatic carbocycles. The highest BCUT2D eigenvalue weighted by Gasteiger charge is 2.31. The summed E-state index contributed by atoms with van der Waals surface area (Å²) in [6.07, 6.45) is 1.32. The molecule has 190 valence electrons. The van der Waals surface area contributed by atoms with Crippen molar-refractivity contribution in [2.75, 3.05) is 5.75 Å². The Bertz CT molecular complexity index is 1130. The number of hydrogen-bond acceptors (Lipinski definition) is 3. The Kier molecular flexibility index (Phi) is 10.8. The predicted molar refractivity (Wildman–Crippen MR) is 146 cm³/mol. The first-order chi connectivity index (χ1) is 17.4. The van der Waals surface area contributed by atoms with Crippen LogP contribution in [0.15, 0.2) is 83.8 Å². The lowest BCUT2D eigenvalue weighted by Crippen LogP contribution is -2.52. The zero-order valence-electron chi connectivity index (χ0n) is 20.6. The van der Waals surface area contributed by atoms with Crippen molar-refractivity contribution in [1.29, 1.82) is 0 Å². The van der Waals surface area contributed by atoms with Crippen LogP contribution in [0, 0.1) is 5.82 Å². The monoisotopic (exact) mass is 526 g/mol. The number of nitrogens with one attached hydrogen (secondary N) is 1. The van der Waals surface area contributed by atoms with E-state index in [0.717, 1.165) is 16.9 Å². The third kappa shape index (κ3) is 8.38. The molecule has 0 aliphatic heterocycles.